The summed E-state index contributed by atoms with van der Waals surface area (Å²) in [5, 5.41) is 8.72. The minimum Gasteiger partial charge on any atom is -0.395 e. The Morgan fingerprint density at radius 2 is 1.84 bits per heavy atom. The van der Waals surface area contributed by atoms with Crippen LogP contribution < -0.4 is 0 Å². The molecule has 0 saturated carbocycles. The van der Waals surface area contributed by atoms with Crippen LogP contribution in [0.25, 0.3) is 0 Å². The van der Waals surface area contributed by atoms with Crippen molar-refractivity contribution in [2.45, 2.75) is 19.5 Å². The van der Waals surface area contributed by atoms with Crippen LogP contribution in [-0.2, 0) is 11.2 Å². The molecule has 0 heterocycles. The predicted molar refractivity (Wildman–Crippen MR) is 64.6 cm³/mol. The fourth-order valence-electron chi connectivity index (χ4n) is 1.62. The van der Waals surface area contributed by atoms with Crippen molar-refractivity contribution >= 4 is 5.91 Å². The first-order valence-electron chi connectivity index (χ1n) is 5.83. The number of hydrogen-bond acceptors (Lipinski definition) is 2. The van der Waals surface area contributed by atoms with Gasteiger partial charge < -0.3 is 10.0 Å². The van der Waals surface area contributed by atoms with Crippen molar-refractivity contribution < 1.29 is 23.1 Å². The van der Waals surface area contributed by atoms with Gasteiger partial charge in [-0.3, -0.25) is 4.79 Å². The van der Waals surface area contributed by atoms with Gasteiger partial charge in [0.2, 0.25) is 5.91 Å². The predicted octanol–water partition coefficient (Wildman–Crippen LogP) is 1.92. The summed E-state index contributed by atoms with van der Waals surface area (Å²) in [5.74, 6) is -0.643. The molecular weight excluding hydrogens is 259 g/mol. The number of alkyl halides is 3. The minimum atomic E-state index is -4.46. The maximum atomic E-state index is 12.3. The SMILES string of the molecule is Cc1ccc(CC(=O)N(CCO)CC(F)(F)F)cc1. The Hall–Kier alpha value is -1.56. The van der Waals surface area contributed by atoms with E-state index in [-0.39, 0.29) is 13.0 Å². The first kappa shape index (κ1) is 15.5. The third-order valence-corrected chi connectivity index (χ3v) is 2.57. The molecule has 0 aliphatic heterocycles. The molecule has 106 valence electrons. The van der Waals surface area contributed by atoms with Gasteiger partial charge in [-0.05, 0) is 12.5 Å². The number of hydrogen-bond donors (Lipinski definition) is 1. The molecule has 0 atom stereocenters. The zero-order valence-electron chi connectivity index (χ0n) is 10.6. The van der Waals surface area contributed by atoms with Crippen molar-refractivity contribution in [1.82, 2.24) is 4.90 Å². The van der Waals surface area contributed by atoms with Crippen molar-refractivity contribution in [3.63, 3.8) is 0 Å². The van der Waals surface area contributed by atoms with Crippen molar-refractivity contribution in [1.29, 1.82) is 0 Å². The van der Waals surface area contributed by atoms with Gasteiger partial charge >= 0.3 is 6.18 Å². The number of rotatable bonds is 5. The molecule has 1 rings (SSSR count). The molecule has 0 aromatic heterocycles. The molecular formula is C13H16F3NO2. The second-order valence-electron chi connectivity index (χ2n) is 4.32. The van der Waals surface area contributed by atoms with Gasteiger partial charge in [0.15, 0.2) is 0 Å². The molecule has 0 bridgehead atoms. The van der Waals surface area contributed by atoms with E-state index in [0.29, 0.717) is 10.5 Å². The first-order chi connectivity index (χ1) is 8.81. The molecule has 1 N–H and O–H groups in total. The second kappa shape index (κ2) is 6.56. The van der Waals surface area contributed by atoms with E-state index in [0.717, 1.165) is 5.56 Å². The van der Waals surface area contributed by atoms with Crippen LogP contribution in [0.2, 0.25) is 0 Å². The summed E-state index contributed by atoms with van der Waals surface area (Å²) in [6.45, 7) is -0.258. The van der Waals surface area contributed by atoms with E-state index < -0.39 is 25.2 Å². The fourth-order valence-corrected chi connectivity index (χ4v) is 1.62. The standard InChI is InChI=1S/C13H16F3NO2/c1-10-2-4-11(5-3-10)8-12(19)17(6-7-18)9-13(14,15)16/h2-5,18H,6-9H2,1H3. The van der Waals surface area contributed by atoms with E-state index in [1.807, 2.05) is 6.92 Å². The third kappa shape index (κ3) is 5.74. The van der Waals surface area contributed by atoms with Crippen LogP contribution in [0, 0.1) is 6.92 Å². The highest BCUT2D eigenvalue weighted by Crippen LogP contribution is 2.17. The van der Waals surface area contributed by atoms with E-state index in [4.69, 9.17) is 5.11 Å². The molecule has 0 fully saturated rings. The average Bonchev–Trinajstić information content (AvgIpc) is 2.30. The number of halogens is 3. The lowest BCUT2D eigenvalue weighted by molar-refractivity contribution is -0.161. The Kier molecular flexibility index (Phi) is 5.35. The van der Waals surface area contributed by atoms with Gasteiger partial charge in [0, 0.05) is 6.54 Å². The van der Waals surface area contributed by atoms with Crippen LogP contribution in [-0.4, -0.2) is 41.8 Å². The number of amides is 1. The van der Waals surface area contributed by atoms with Gasteiger partial charge in [-0.2, -0.15) is 13.2 Å². The number of aliphatic hydroxyl groups excluding tert-OH is 1. The molecule has 1 aromatic carbocycles. The van der Waals surface area contributed by atoms with Crippen LogP contribution in [0.4, 0.5) is 13.2 Å². The van der Waals surface area contributed by atoms with Gasteiger partial charge in [-0.15, -0.1) is 0 Å². The van der Waals surface area contributed by atoms with E-state index in [1.54, 1.807) is 24.3 Å². The Balaban J connectivity index is 2.68. The second-order valence-corrected chi connectivity index (χ2v) is 4.32. The van der Waals surface area contributed by atoms with Crippen molar-refractivity contribution in [2.24, 2.45) is 0 Å². The number of carbonyl (C=O) groups is 1. The maximum absolute atomic E-state index is 12.3. The molecule has 6 heteroatoms. The molecule has 0 aliphatic rings. The molecule has 0 spiro atoms. The molecule has 3 nitrogen and oxygen atoms in total. The lowest BCUT2D eigenvalue weighted by atomic mass is 10.1. The summed E-state index contributed by atoms with van der Waals surface area (Å²) in [5.41, 5.74) is 1.67. The Labute approximate surface area is 109 Å². The van der Waals surface area contributed by atoms with Crippen LogP contribution >= 0.6 is 0 Å². The van der Waals surface area contributed by atoms with E-state index in [1.165, 1.54) is 0 Å². The van der Waals surface area contributed by atoms with Gasteiger partial charge in [-0.1, -0.05) is 29.8 Å². The quantitative estimate of drug-likeness (QED) is 0.892. The topological polar surface area (TPSA) is 40.5 Å². The van der Waals surface area contributed by atoms with Crippen LogP contribution in [0.5, 0.6) is 0 Å². The minimum absolute atomic E-state index is 0.101. The summed E-state index contributed by atoms with van der Waals surface area (Å²) in [4.78, 5) is 12.4. The summed E-state index contributed by atoms with van der Waals surface area (Å²) in [7, 11) is 0. The summed E-state index contributed by atoms with van der Waals surface area (Å²) >= 11 is 0. The lowest BCUT2D eigenvalue weighted by Gasteiger charge is -2.23. The number of benzene rings is 1. The van der Waals surface area contributed by atoms with Crippen molar-refractivity contribution in [2.75, 3.05) is 19.7 Å². The summed E-state index contributed by atoms with van der Waals surface area (Å²) < 4.78 is 36.9. The number of carbonyl (C=O) groups excluding carboxylic acids is 1. The van der Waals surface area contributed by atoms with Gasteiger partial charge in [0.25, 0.3) is 0 Å². The van der Waals surface area contributed by atoms with Crippen LogP contribution in [0.15, 0.2) is 24.3 Å². The first-order valence-corrected chi connectivity index (χ1v) is 5.83. The Morgan fingerprint density at radius 1 is 1.26 bits per heavy atom. The largest absolute Gasteiger partial charge is 0.406 e. The van der Waals surface area contributed by atoms with E-state index in [9.17, 15) is 18.0 Å². The molecule has 0 saturated heterocycles. The van der Waals surface area contributed by atoms with E-state index >= 15 is 0 Å². The lowest BCUT2D eigenvalue weighted by Crippen LogP contribution is -2.41. The van der Waals surface area contributed by atoms with Crippen LogP contribution in [0.1, 0.15) is 11.1 Å². The van der Waals surface area contributed by atoms with Crippen molar-refractivity contribution in [3.05, 3.63) is 35.4 Å². The average molecular weight is 275 g/mol. The maximum Gasteiger partial charge on any atom is 0.406 e. The Bertz CT molecular complexity index is 415. The monoisotopic (exact) mass is 275 g/mol. The third-order valence-electron chi connectivity index (χ3n) is 2.57. The summed E-state index contributed by atoms with van der Waals surface area (Å²) in [6, 6.07) is 7.00. The molecule has 0 radical (unpaired) electrons. The smallest absolute Gasteiger partial charge is 0.395 e. The van der Waals surface area contributed by atoms with E-state index in [2.05, 4.69) is 0 Å². The highest BCUT2D eigenvalue weighted by atomic mass is 19.4. The molecule has 1 amide bonds. The highest BCUT2D eigenvalue weighted by molar-refractivity contribution is 5.78. The van der Waals surface area contributed by atoms with Gasteiger partial charge in [0.1, 0.15) is 6.54 Å². The zero-order chi connectivity index (χ0) is 14.5. The van der Waals surface area contributed by atoms with Crippen molar-refractivity contribution in [3.8, 4) is 0 Å². The molecule has 0 aliphatic carbocycles. The molecule has 0 unspecified atom stereocenters. The van der Waals surface area contributed by atoms with Gasteiger partial charge in [-0.25, -0.2) is 0 Å². The molecule has 19 heavy (non-hydrogen) atoms. The molecule has 1 aromatic rings. The number of nitrogens with zero attached hydrogens (tertiary/aromatic N) is 1. The summed E-state index contributed by atoms with van der Waals surface area (Å²) in [6.07, 6.45) is -4.56. The Morgan fingerprint density at radius 3 is 2.32 bits per heavy atom. The van der Waals surface area contributed by atoms with Crippen LogP contribution in [0.3, 0.4) is 0 Å². The number of aryl methyl sites for hydroxylation is 1. The highest BCUT2D eigenvalue weighted by Gasteiger charge is 2.32. The van der Waals surface area contributed by atoms with Gasteiger partial charge in [0.05, 0.1) is 13.0 Å². The number of aliphatic hydroxyl groups is 1. The zero-order valence-corrected chi connectivity index (χ0v) is 10.6. The normalized spacial score (nSPS) is 11.4. The fraction of sp³-hybridized carbons (Fsp3) is 0.462.